The van der Waals surface area contributed by atoms with E-state index in [0.29, 0.717) is 12.3 Å². The van der Waals surface area contributed by atoms with E-state index in [1.165, 1.54) is 7.11 Å². The molecule has 1 atom stereocenters. The van der Waals surface area contributed by atoms with Crippen LogP contribution in [0, 0.1) is 5.92 Å². The van der Waals surface area contributed by atoms with Crippen LogP contribution < -0.4 is 5.32 Å². The Labute approximate surface area is 66.4 Å². The molecule has 1 aliphatic rings. The van der Waals surface area contributed by atoms with Gasteiger partial charge < -0.3 is 10.1 Å². The molecule has 3 nitrogen and oxygen atoms in total. The molecule has 0 bridgehead atoms. The molecule has 62 valence electrons. The molecule has 0 aliphatic carbocycles. The number of hydrogen-bond acceptors (Lipinski definition) is 3. The Kier molecular flexibility index (Phi) is 3.11. The number of carbonyl (C=O) groups is 1. The molecule has 0 aromatic carbocycles. The van der Waals surface area contributed by atoms with Crippen LogP contribution in [0.15, 0.2) is 12.2 Å². The Morgan fingerprint density at radius 2 is 2.64 bits per heavy atom. The van der Waals surface area contributed by atoms with Crippen LogP contribution in [-0.2, 0) is 9.53 Å². The van der Waals surface area contributed by atoms with E-state index in [-0.39, 0.29) is 5.97 Å². The Hall–Kier alpha value is -0.830. The van der Waals surface area contributed by atoms with Gasteiger partial charge in [0.25, 0.3) is 0 Å². The molecule has 0 spiro atoms. The summed E-state index contributed by atoms with van der Waals surface area (Å²) in [5, 5.41) is 3.17. The van der Waals surface area contributed by atoms with Crippen LogP contribution in [0.2, 0.25) is 0 Å². The lowest BCUT2D eigenvalue weighted by molar-refractivity contribution is -0.141. The number of rotatable bonds is 2. The van der Waals surface area contributed by atoms with Crippen molar-refractivity contribution >= 4 is 5.97 Å². The molecular weight excluding hydrogens is 142 g/mol. The Bertz CT molecular complexity index is 165. The van der Waals surface area contributed by atoms with Gasteiger partial charge >= 0.3 is 5.97 Å². The number of methoxy groups -OCH3 is 1. The average molecular weight is 155 g/mol. The van der Waals surface area contributed by atoms with Gasteiger partial charge in [0.05, 0.1) is 13.5 Å². The van der Waals surface area contributed by atoms with E-state index < -0.39 is 0 Å². The van der Waals surface area contributed by atoms with Gasteiger partial charge in [0.15, 0.2) is 0 Å². The molecule has 1 heterocycles. The fourth-order valence-corrected chi connectivity index (χ4v) is 1.12. The normalized spacial score (nSPS) is 23.2. The lowest BCUT2D eigenvalue weighted by Gasteiger charge is -2.15. The third kappa shape index (κ3) is 2.72. The van der Waals surface area contributed by atoms with E-state index in [9.17, 15) is 4.79 Å². The first-order valence-electron chi connectivity index (χ1n) is 3.77. The molecule has 0 saturated heterocycles. The largest absolute Gasteiger partial charge is 0.469 e. The molecular formula is C8H13NO2. The number of ether oxygens (including phenoxy) is 1. The minimum atomic E-state index is -0.136. The first-order chi connectivity index (χ1) is 5.33. The van der Waals surface area contributed by atoms with Crippen LogP contribution in [0.1, 0.15) is 6.42 Å². The zero-order valence-electron chi connectivity index (χ0n) is 6.67. The fraction of sp³-hybridized carbons (Fsp3) is 0.625. The van der Waals surface area contributed by atoms with Crippen LogP contribution in [0.25, 0.3) is 0 Å². The molecule has 11 heavy (non-hydrogen) atoms. The standard InChI is InChI=1S/C8H13NO2/c1-11-8(10)5-7-3-2-4-9-6-7/h2-3,7,9H,4-6H2,1H3. The molecule has 0 saturated carbocycles. The molecule has 0 aromatic heterocycles. The van der Waals surface area contributed by atoms with Gasteiger partial charge in [-0.2, -0.15) is 0 Å². The van der Waals surface area contributed by atoms with Crippen molar-refractivity contribution in [2.45, 2.75) is 6.42 Å². The van der Waals surface area contributed by atoms with Gasteiger partial charge in [-0.25, -0.2) is 0 Å². The molecule has 1 aliphatic heterocycles. The van der Waals surface area contributed by atoms with Gasteiger partial charge in [0.2, 0.25) is 0 Å². The second-order valence-electron chi connectivity index (χ2n) is 2.63. The van der Waals surface area contributed by atoms with Crippen molar-refractivity contribution in [2.75, 3.05) is 20.2 Å². The minimum Gasteiger partial charge on any atom is -0.469 e. The Balaban J connectivity index is 2.30. The van der Waals surface area contributed by atoms with Crippen LogP contribution in [0.5, 0.6) is 0 Å². The molecule has 1 rings (SSSR count). The summed E-state index contributed by atoms with van der Waals surface area (Å²) in [6.45, 7) is 1.79. The summed E-state index contributed by atoms with van der Waals surface area (Å²) in [5.74, 6) is 0.180. The predicted molar refractivity (Wildman–Crippen MR) is 42.1 cm³/mol. The third-order valence-corrected chi connectivity index (χ3v) is 1.73. The molecule has 0 fully saturated rings. The smallest absolute Gasteiger partial charge is 0.306 e. The summed E-state index contributed by atoms with van der Waals surface area (Å²) >= 11 is 0. The van der Waals surface area contributed by atoms with Gasteiger partial charge in [-0.05, 0) is 5.92 Å². The Morgan fingerprint density at radius 1 is 1.82 bits per heavy atom. The van der Waals surface area contributed by atoms with E-state index in [0.717, 1.165) is 13.1 Å². The van der Waals surface area contributed by atoms with Crippen molar-refractivity contribution in [1.82, 2.24) is 5.32 Å². The van der Waals surface area contributed by atoms with Crippen LogP contribution in [0.3, 0.4) is 0 Å². The molecule has 0 aromatic rings. The van der Waals surface area contributed by atoms with Crippen molar-refractivity contribution in [3.05, 3.63) is 12.2 Å². The molecule has 0 radical (unpaired) electrons. The van der Waals surface area contributed by atoms with Crippen molar-refractivity contribution in [2.24, 2.45) is 5.92 Å². The zero-order valence-corrected chi connectivity index (χ0v) is 6.67. The highest BCUT2D eigenvalue weighted by molar-refractivity contribution is 5.69. The third-order valence-electron chi connectivity index (χ3n) is 1.73. The maximum Gasteiger partial charge on any atom is 0.306 e. The second kappa shape index (κ2) is 4.13. The lowest BCUT2D eigenvalue weighted by atomic mass is 10.0. The summed E-state index contributed by atoms with van der Waals surface area (Å²) in [5.41, 5.74) is 0. The lowest BCUT2D eigenvalue weighted by Crippen LogP contribution is -2.27. The van der Waals surface area contributed by atoms with E-state index in [2.05, 4.69) is 16.1 Å². The highest BCUT2D eigenvalue weighted by atomic mass is 16.5. The average Bonchev–Trinajstić information content (AvgIpc) is 2.06. The maximum absolute atomic E-state index is 10.8. The van der Waals surface area contributed by atoms with Gasteiger partial charge in [-0.15, -0.1) is 0 Å². The quantitative estimate of drug-likeness (QED) is 0.461. The number of carbonyl (C=O) groups excluding carboxylic acids is 1. The minimum absolute atomic E-state index is 0.136. The van der Waals surface area contributed by atoms with Crippen molar-refractivity contribution in [1.29, 1.82) is 0 Å². The molecule has 3 heteroatoms. The van der Waals surface area contributed by atoms with E-state index in [1.807, 2.05) is 6.08 Å². The molecule has 1 N–H and O–H groups in total. The number of esters is 1. The van der Waals surface area contributed by atoms with Crippen LogP contribution >= 0.6 is 0 Å². The van der Waals surface area contributed by atoms with Gasteiger partial charge in [-0.1, -0.05) is 12.2 Å². The number of hydrogen-bond donors (Lipinski definition) is 1. The summed E-state index contributed by atoms with van der Waals surface area (Å²) in [7, 11) is 1.42. The van der Waals surface area contributed by atoms with Gasteiger partial charge in [-0.3, -0.25) is 4.79 Å². The SMILES string of the molecule is COC(=O)CC1C=CCNC1. The topological polar surface area (TPSA) is 38.3 Å². The van der Waals surface area contributed by atoms with Crippen molar-refractivity contribution in [3.63, 3.8) is 0 Å². The summed E-state index contributed by atoms with van der Waals surface area (Å²) in [6.07, 6.45) is 4.59. The first kappa shape index (κ1) is 8.27. The maximum atomic E-state index is 10.8. The monoisotopic (exact) mass is 155 g/mol. The second-order valence-corrected chi connectivity index (χ2v) is 2.63. The van der Waals surface area contributed by atoms with Crippen LogP contribution in [0.4, 0.5) is 0 Å². The van der Waals surface area contributed by atoms with Gasteiger partial charge in [0, 0.05) is 13.1 Å². The van der Waals surface area contributed by atoms with Crippen molar-refractivity contribution in [3.8, 4) is 0 Å². The first-order valence-corrected chi connectivity index (χ1v) is 3.77. The van der Waals surface area contributed by atoms with E-state index >= 15 is 0 Å². The predicted octanol–water partition coefficient (Wildman–Crippen LogP) is 0.325. The highest BCUT2D eigenvalue weighted by Crippen LogP contribution is 2.07. The fourth-order valence-electron chi connectivity index (χ4n) is 1.12. The molecule has 0 amide bonds. The Morgan fingerprint density at radius 3 is 3.18 bits per heavy atom. The van der Waals surface area contributed by atoms with E-state index in [1.54, 1.807) is 0 Å². The number of nitrogens with one attached hydrogen (secondary N) is 1. The zero-order chi connectivity index (χ0) is 8.10. The summed E-state index contributed by atoms with van der Waals surface area (Å²) in [6, 6.07) is 0. The van der Waals surface area contributed by atoms with E-state index in [4.69, 9.17) is 0 Å². The van der Waals surface area contributed by atoms with Crippen molar-refractivity contribution < 1.29 is 9.53 Å². The van der Waals surface area contributed by atoms with Crippen LogP contribution in [-0.4, -0.2) is 26.2 Å². The molecule has 1 unspecified atom stereocenters. The summed E-state index contributed by atoms with van der Waals surface area (Å²) < 4.78 is 4.55. The summed E-state index contributed by atoms with van der Waals surface area (Å²) in [4.78, 5) is 10.8. The highest BCUT2D eigenvalue weighted by Gasteiger charge is 2.12. The van der Waals surface area contributed by atoms with Gasteiger partial charge in [0.1, 0.15) is 0 Å².